The molecule has 0 fully saturated rings. The number of nitrogens with zero attached hydrogens (tertiary/aromatic N) is 3. The smallest absolute Gasteiger partial charge is 0.227 e. The average molecular weight is 670 g/mol. The number of para-hydroxylation sites is 2. The maximum atomic E-state index is 6.27. The molecule has 4 aromatic heterocycles. The number of hydrogen-bond acceptors (Lipinski definition) is 3. The van der Waals surface area contributed by atoms with Crippen LogP contribution in [0.1, 0.15) is 0 Å². The van der Waals surface area contributed by atoms with Crippen LogP contribution in [0.2, 0.25) is 0 Å². The van der Waals surface area contributed by atoms with Crippen LogP contribution in [0.4, 0.5) is 0 Å². The first-order chi connectivity index (χ1) is 25.3. The van der Waals surface area contributed by atoms with E-state index < -0.39 is 8.07 Å². The molecule has 0 atom stereocenters. The lowest BCUT2D eigenvalue weighted by Gasteiger charge is -2.34. The molecule has 0 saturated carbocycles. The van der Waals surface area contributed by atoms with Gasteiger partial charge in [-0.05, 0) is 50.6 Å². The Morgan fingerprint density at radius 2 is 0.961 bits per heavy atom. The number of hydrogen-bond donors (Lipinski definition) is 0. The quantitative estimate of drug-likeness (QED) is 0.132. The number of aromatic nitrogens is 3. The third-order valence-corrected chi connectivity index (χ3v) is 15.0. The summed E-state index contributed by atoms with van der Waals surface area (Å²) in [5.41, 5.74) is 5.73. The molecular formula is C46H31N3OSi. The Hall–Kier alpha value is -6.56. The van der Waals surface area contributed by atoms with Crippen molar-refractivity contribution < 1.29 is 4.42 Å². The van der Waals surface area contributed by atoms with Crippen molar-refractivity contribution in [3.8, 4) is 16.9 Å². The van der Waals surface area contributed by atoms with Crippen LogP contribution >= 0.6 is 0 Å². The van der Waals surface area contributed by atoms with E-state index in [1.807, 2.05) is 12.4 Å². The second-order valence-corrected chi connectivity index (χ2v) is 16.8. The van der Waals surface area contributed by atoms with E-state index in [0.29, 0.717) is 5.71 Å². The molecule has 0 radical (unpaired) electrons. The molecule has 0 unspecified atom stereocenters. The summed E-state index contributed by atoms with van der Waals surface area (Å²) in [6.45, 7) is 0. The van der Waals surface area contributed by atoms with Crippen molar-refractivity contribution in [2.45, 2.75) is 0 Å². The zero-order valence-corrected chi connectivity index (χ0v) is 28.6. The third-order valence-electron chi connectivity index (χ3n) is 10.3. The Kier molecular flexibility index (Phi) is 6.79. The lowest BCUT2D eigenvalue weighted by atomic mass is 10.1. The van der Waals surface area contributed by atoms with E-state index in [9.17, 15) is 0 Å². The van der Waals surface area contributed by atoms with Crippen molar-refractivity contribution in [3.05, 3.63) is 188 Å². The maximum Gasteiger partial charge on any atom is 0.227 e. The Bertz CT molecular complexity index is 2710. The first-order valence-corrected chi connectivity index (χ1v) is 19.2. The molecule has 5 heteroatoms. The highest BCUT2D eigenvalue weighted by Gasteiger charge is 2.41. The fraction of sp³-hybridized carbons (Fsp3) is 0. The van der Waals surface area contributed by atoms with Crippen molar-refractivity contribution in [3.63, 3.8) is 0 Å². The van der Waals surface area contributed by atoms with Gasteiger partial charge in [0.15, 0.2) is 13.7 Å². The minimum absolute atomic E-state index is 0.604. The summed E-state index contributed by atoms with van der Waals surface area (Å²) in [5.74, 6) is 0.847. The van der Waals surface area contributed by atoms with E-state index in [2.05, 4.69) is 180 Å². The van der Waals surface area contributed by atoms with Crippen LogP contribution in [0.25, 0.3) is 60.8 Å². The van der Waals surface area contributed by atoms with Crippen molar-refractivity contribution >= 4 is 72.7 Å². The average Bonchev–Trinajstić information content (AvgIpc) is 3.74. The molecule has 4 nitrogen and oxygen atoms in total. The summed E-state index contributed by atoms with van der Waals surface area (Å²) in [5, 5.41) is 9.73. The zero-order valence-electron chi connectivity index (χ0n) is 27.6. The van der Waals surface area contributed by atoms with Gasteiger partial charge in [-0.2, -0.15) is 0 Å². The highest BCUT2D eigenvalue weighted by Crippen LogP contribution is 2.35. The molecule has 0 saturated heterocycles. The topological polar surface area (TPSA) is 43.9 Å². The molecule has 6 aromatic carbocycles. The van der Waals surface area contributed by atoms with Gasteiger partial charge < -0.3 is 4.42 Å². The molecule has 0 spiro atoms. The van der Waals surface area contributed by atoms with Crippen LogP contribution in [0.5, 0.6) is 0 Å². The van der Waals surface area contributed by atoms with Crippen molar-refractivity contribution in [2.24, 2.45) is 0 Å². The molecule has 51 heavy (non-hydrogen) atoms. The Morgan fingerprint density at radius 3 is 1.57 bits per heavy atom. The molecule has 10 aromatic rings. The molecule has 0 aliphatic rings. The van der Waals surface area contributed by atoms with E-state index in [-0.39, 0.29) is 0 Å². The van der Waals surface area contributed by atoms with Gasteiger partial charge in [-0.25, -0.2) is 9.97 Å². The Labute approximate surface area is 295 Å². The van der Waals surface area contributed by atoms with Crippen LogP contribution in [-0.2, 0) is 0 Å². The second-order valence-electron chi connectivity index (χ2n) is 13.0. The van der Waals surface area contributed by atoms with Gasteiger partial charge in [-0.3, -0.25) is 4.57 Å². The highest BCUT2D eigenvalue weighted by atomic mass is 28.3. The molecule has 240 valence electrons. The largest absolute Gasteiger partial charge is 0.436 e. The number of rotatable bonds is 6. The zero-order chi connectivity index (χ0) is 33.8. The normalized spacial score (nSPS) is 11.9. The molecule has 10 rings (SSSR count). The second kappa shape index (κ2) is 11.8. The molecule has 0 aliphatic heterocycles. The van der Waals surface area contributed by atoms with Crippen LogP contribution in [0, 0.1) is 0 Å². The van der Waals surface area contributed by atoms with E-state index >= 15 is 0 Å². The van der Waals surface area contributed by atoms with E-state index in [0.717, 1.165) is 44.3 Å². The fourth-order valence-corrected chi connectivity index (χ4v) is 12.8. The van der Waals surface area contributed by atoms with E-state index in [1.165, 1.54) is 31.5 Å². The number of fused-ring (bicyclic) bond motifs is 6. The molecule has 0 aliphatic carbocycles. The Balaban J connectivity index is 1.16. The third kappa shape index (κ3) is 4.59. The standard InChI is InChI=1S/C46H31N3OSi/c1-4-16-34(17-5-1)51(35-18-6-2-7-19-35,36-20-8-3-9-21-36)37-22-14-15-32(27-37)33-28-41-40-29-45(47-31-44(40)50-46(41)48-30-33)49-42-25-12-10-23-38(42)39-24-11-13-26-43(39)49/h1-31H. The summed E-state index contributed by atoms with van der Waals surface area (Å²) in [7, 11) is -2.68. The predicted molar refractivity (Wildman–Crippen MR) is 213 cm³/mol. The summed E-state index contributed by atoms with van der Waals surface area (Å²) in [6, 6.07) is 63.5. The lowest BCUT2D eigenvalue weighted by molar-refractivity contribution is 0.652. The summed E-state index contributed by atoms with van der Waals surface area (Å²) >= 11 is 0. The molecule has 4 heterocycles. The van der Waals surface area contributed by atoms with Crippen molar-refractivity contribution in [1.82, 2.24) is 14.5 Å². The summed E-state index contributed by atoms with van der Waals surface area (Å²) in [4.78, 5) is 9.76. The summed E-state index contributed by atoms with van der Waals surface area (Å²) < 4.78 is 8.51. The van der Waals surface area contributed by atoms with Gasteiger partial charge in [-0.15, -0.1) is 0 Å². The highest BCUT2D eigenvalue weighted by molar-refractivity contribution is 7.19. The van der Waals surface area contributed by atoms with Crippen LogP contribution < -0.4 is 20.7 Å². The number of benzene rings is 6. The minimum Gasteiger partial charge on any atom is -0.436 e. The van der Waals surface area contributed by atoms with Gasteiger partial charge in [0.1, 0.15) is 5.82 Å². The monoisotopic (exact) mass is 669 g/mol. The molecule has 0 N–H and O–H groups in total. The van der Waals surface area contributed by atoms with Gasteiger partial charge in [0.2, 0.25) is 5.71 Å². The summed E-state index contributed by atoms with van der Waals surface area (Å²) in [6.07, 6.45) is 3.76. The number of furan rings is 1. The van der Waals surface area contributed by atoms with Gasteiger partial charge in [0.25, 0.3) is 0 Å². The van der Waals surface area contributed by atoms with Crippen molar-refractivity contribution in [1.29, 1.82) is 0 Å². The Morgan fingerprint density at radius 1 is 0.412 bits per heavy atom. The van der Waals surface area contributed by atoms with E-state index in [1.54, 1.807) is 0 Å². The first-order valence-electron chi connectivity index (χ1n) is 17.2. The SMILES string of the molecule is c1ccc([Si](c2ccccc2)(c2ccccc2)c2cccc(-c3cnc4oc5cnc(-n6c7ccccc7c7ccccc76)cc5c4c3)c2)cc1. The van der Waals surface area contributed by atoms with Crippen LogP contribution in [0.15, 0.2) is 193 Å². The lowest BCUT2D eigenvalue weighted by Crippen LogP contribution is -2.74. The van der Waals surface area contributed by atoms with Gasteiger partial charge >= 0.3 is 0 Å². The van der Waals surface area contributed by atoms with Crippen molar-refractivity contribution in [2.75, 3.05) is 0 Å². The van der Waals surface area contributed by atoms with Crippen LogP contribution in [-0.4, -0.2) is 22.6 Å². The predicted octanol–water partition coefficient (Wildman–Crippen LogP) is 8.52. The van der Waals surface area contributed by atoms with Gasteiger partial charge in [-0.1, -0.05) is 152 Å². The maximum absolute atomic E-state index is 6.27. The first kappa shape index (κ1) is 29.4. The van der Waals surface area contributed by atoms with Gasteiger partial charge in [0.05, 0.1) is 17.2 Å². The fourth-order valence-electron chi connectivity index (χ4n) is 8.00. The molecule has 0 amide bonds. The number of pyridine rings is 2. The molecule has 0 bridgehead atoms. The van der Waals surface area contributed by atoms with Gasteiger partial charge in [0, 0.05) is 33.3 Å². The van der Waals surface area contributed by atoms with E-state index in [4.69, 9.17) is 14.4 Å². The van der Waals surface area contributed by atoms with Crippen LogP contribution in [0.3, 0.4) is 0 Å². The minimum atomic E-state index is -2.68. The molecular weight excluding hydrogens is 639 g/mol.